The molecule has 0 rings (SSSR count). The Morgan fingerprint density at radius 1 is 1.08 bits per heavy atom. The van der Waals surface area contributed by atoms with Crippen LogP contribution >= 0.6 is 0 Å². The van der Waals surface area contributed by atoms with Crippen molar-refractivity contribution in [1.82, 2.24) is 0 Å². The van der Waals surface area contributed by atoms with E-state index in [2.05, 4.69) is 27.7 Å². The fraction of sp³-hybridized carbons (Fsp3) is 1.00. The van der Waals surface area contributed by atoms with Crippen LogP contribution in [0.1, 0.15) is 34.1 Å². The van der Waals surface area contributed by atoms with Gasteiger partial charge in [-0.05, 0) is 0 Å². The van der Waals surface area contributed by atoms with E-state index in [1.54, 1.807) is 0 Å². The van der Waals surface area contributed by atoms with Crippen molar-refractivity contribution in [2.75, 3.05) is 13.2 Å². The Labute approximate surface area is 104 Å². The molecule has 0 aromatic carbocycles. The fourth-order valence-electron chi connectivity index (χ4n) is 0.856. The van der Waals surface area contributed by atoms with Gasteiger partial charge < -0.3 is 0 Å². The molecular formula is C9H20O2Sn2. The maximum absolute atomic E-state index is 5.60. The third-order valence-corrected chi connectivity index (χ3v) is 7.82. The van der Waals surface area contributed by atoms with Crippen LogP contribution in [-0.2, 0) is 6.15 Å². The van der Waals surface area contributed by atoms with Crippen LogP contribution in [0.3, 0.4) is 0 Å². The zero-order valence-corrected chi connectivity index (χ0v) is 14.9. The summed E-state index contributed by atoms with van der Waals surface area (Å²) in [6.45, 7) is 10.7. The standard InChI is InChI=1S/C5H10.2C2H5O.2Sn/c1-4-5(2)3;2*1-2-3;;/h1,4H2,2-3H3;2*2H2,1H3;;/q;2*-1;2*+1. The van der Waals surface area contributed by atoms with Gasteiger partial charge in [-0.2, -0.15) is 0 Å². The van der Waals surface area contributed by atoms with E-state index in [0.717, 1.165) is 13.2 Å². The molecule has 0 aromatic heterocycles. The van der Waals surface area contributed by atoms with Gasteiger partial charge in [-0.15, -0.1) is 0 Å². The van der Waals surface area contributed by atoms with E-state index in [1.165, 1.54) is 10.9 Å². The molecule has 0 aliphatic heterocycles. The molecule has 0 fully saturated rings. The first-order valence-electron chi connectivity index (χ1n) is 4.86. The van der Waals surface area contributed by atoms with Crippen LogP contribution in [0.4, 0.5) is 0 Å². The summed E-state index contributed by atoms with van der Waals surface area (Å²) < 4.78 is 12.9. The zero-order valence-electron chi connectivity index (χ0n) is 9.14. The van der Waals surface area contributed by atoms with Gasteiger partial charge in [0.25, 0.3) is 0 Å². The van der Waals surface area contributed by atoms with Gasteiger partial charge in [-0.3, -0.25) is 0 Å². The zero-order chi connectivity index (χ0) is 10.2. The normalized spacial score (nSPS) is 12.0. The Balaban J connectivity index is 3.39. The molecule has 0 saturated carbocycles. The third-order valence-electron chi connectivity index (χ3n) is 1.59. The van der Waals surface area contributed by atoms with Gasteiger partial charge in [0.2, 0.25) is 0 Å². The molecule has 0 unspecified atom stereocenters. The van der Waals surface area contributed by atoms with Gasteiger partial charge in [0.1, 0.15) is 0 Å². The SMILES string of the molecule is CC[O][Sn][CH2]C[C](C)(C)[Sn][O]CC. The molecular weight excluding hydrogens is 378 g/mol. The van der Waals surface area contributed by atoms with Crippen LogP contribution < -0.4 is 0 Å². The second-order valence-corrected chi connectivity index (χ2v) is 11.8. The fourth-order valence-corrected chi connectivity index (χ4v) is 8.14. The quantitative estimate of drug-likeness (QED) is 0.462. The Morgan fingerprint density at radius 3 is 2.23 bits per heavy atom. The Bertz CT molecular complexity index is 118. The molecule has 0 amide bonds. The molecule has 0 N–H and O–H groups in total. The molecule has 0 aliphatic rings. The van der Waals surface area contributed by atoms with E-state index in [-0.39, 0.29) is 0 Å². The number of hydrogen-bond acceptors (Lipinski definition) is 2. The van der Waals surface area contributed by atoms with E-state index in [4.69, 9.17) is 6.15 Å². The van der Waals surface area contributed by atoms with Gasteiger partial charge >= 0.3 is 104 Å². The Kier molecular flexibility index (Phi) is 9.82. The predicted octanol–water partition coefficient (Wildman–Crippen LogP) is 2.30. The van der Waals surface area contributed by atoms with E-state index in [9.17, 15) is 0 Å². The van der Waals surface area contributed by atoms with Gasteiger partial charge in [-0.25, -0.2) is 0 Å². The van der Waals surface area contributed by atoms with E-state index in [1.807, 2.05) is 0 Å². The Morgan fingerprint density at radius 2 is 1.69 bits per heavy atom. The van der Waals surface area contributed by atoms with Crippen molar-refractivity contribution in [3.8, 4) is 0 Å². The first-order chi connectivity index (χ1) is 6.12. The number of hydrogen-bond donors (Lipinski definition) is 0. The molecule has 0 heterocycles. The molecule has 0 spiro atoms. The van der Waals surface area contributed by atoms with Gasteiger partial charge in [0.05, 0.1) is 0 Å². The summed E-state index contributed by atoms with van der Waals surface area (Å²) in [4.78, 5) is 0. The maximum atomic E-state index is 5.60. The summed E-state index contributed by atoms with van der Waals surface area (Å²) in [6, 6.07) is 0. The second-order valence-electron chi connectivity index (χ2n) is 3.50. The molecule has 13 heavy (non-hydrogen) atoms. The molecule has 76 valence electrons. The minimum absolute atomic E-state index is 0.473. The van der Waals surface area contributed by atoms with E-state index >= 15 is 0 Å². The average Bonchev–Trinajstić information content (AvgIpc) is 2.09. The second kappa shape index (κ2) is 8.80. The van der Waals surface area contributed by atoms with Crippen molar-refractivity contribution in [3.63, 3.8) is 0 Å². The molecule has 0 bridgehead atoms. The van der Waals surface area contributed by atoms with Crippen molar-refractivity contribution in [3.05, 3.63) is 0 Å². The first kappa shape index (κ1) is 14.5. The summed E-state index contributed by atoms with van der Waals surface area (Å²) in [5, 5.41) is 0. The topological polar surface area (TPSA) is 18.5 Å². The van der Waals surface area contributed by atoms with Gasteiger partial charge in [-0.1, -0.05) is 0 Å². The summed E-state index contributed by atoms with van der Waals surface area (Å²) in [6.07, 6.45) is 1.32. The molecule has 4 heteroatoms. The van der Waals surface area contributed by atoms with Crippen LogP contribution in [0, 0.1) is 0 Å². The summed E-state index contributed by atoms with van der Waals surface area (Å²) in [5.74, 6) is 0. The van der Waals surface area contributed by atoms with Crippen LogP contribution in [0.5, 0.6) is 0 Å². The van der Waals surface area contributed by atoms with Crippen molar-refractivity contribution in [1.29, 1.82) is 0 Å². The van der Waals surface area contributed by atoms with E-state index in [0.29, 0.717) is 3.43 Å². The van der Waals surface area contributed by atoms with Crippen LogP contribution in [0.2, 0.25) is 7.87 Å². The first-order valence-corrected chi connectivity index (χ1v) is 10.6. The molecule has 0 aromatic rings. The van der Waals surface area contributed by atoms with Crippen molar-refractivity contribution >= 4 is 43.1 Å². The summed E-state index contributed by atoms with van der Waals surface area (Å²) >= 11 is -1.07. The van der Waals surface area contributed by atoms with Crippen LogP contribution in [0.15, 0.2) is 0 Å². The van der Waals surface area contributed by atoms with Crippen molar-refractivity contribution in [2.45, 2.75) is 42.0 Å². The summed E-state index contributed by atoms with van der Waals surface area (Å²) in [5.41, 5.74) is 0. The van der Waals surface area contributed by atoms with Crippen molar-refractivity contribution in [2.24, 2.45) is 0 Å². The molecule has 0 atom stereocenters. The summed E-state index contributed by atoms with van der Waals surface area (Å²) in [7, 11) is 0. The van der Waals surface area contributed by atoms with Gasteiger partial charge in [0, 0.05) is 0 Å². The molecule has 4 radical (unpaired) electrons. The van der Waals surface area contributed by atoms with Crippen LogP contribution in [-0.4, -0.2) is 56.3 Å². The minimum atomic E-state index is -0.594. The molecule has 0 aliphatic carbocycles. The van der Waals surface area contributed by atoms with Crippen molar-refractivity contribution < 1.29 is 6.15 Å². The Hall–Kier alpha value is 1.52. The molecule has 2 nitrogen and oxygen atoms in total. The van der Waals surface area contributed by atoms with E-state index < -0.39 is 43.1 Å². The van der Waals surface area contributed by atoms with Crippen LogP contribution in [0.25, 0.3) is 0 Å². The number of rotatable bonds is 8. The molecule has 0 saturated heterocycles. The monoisotopic (exact) mass is 400 g/mol. The van der Waals surface area contributed by atoms with Gasteiger partial charge in [0.15, 0.2) is 0 Å². The predicted molar refractivity (Wildman–Crippen MR) is 58.2 cm³/mol. The average molecular weight is 398 g/mol. The third kappa shape index (κ3) is 9.81.